The molecule has 5 fully saturated rings. The summed E-state index contributed by atoms with van der Waals surface area (Å²) in [7, 11) is -3.25. The van der Waals surface area contributed by atoms with Crippen LogP contribution in [0.5, 0.6) is 0 Å². The molecule has 0 spiro atoms. The van der Waals surface area contributed by atoms with Gasteiger partial charge in [0, 0.05) is 26.2 Å². The number of hydrogen-bond donors (Lipinski definition) is 1. The Kier molecular flexibility index (Phi) is 4.55. The Morgan fingerprint density at radius 3 is 2.19 bits per heavy atom. The summed E-state index contributed by atoms with van der Waals surface area (Å²) in [6.07, 6.45) is 5.77. The van der Waals surface area contributed by atoms with E-state index in [0.29, 0.717) is 31.3 Å². The lowest BCUT2D eigenvalue weighted by atomic mass is 9.48. The number of carbonyl (C=O) groups is 2. The Bertz CT molecular complexity index is 729. The smallest absolute Gasteiger partial charge is 0.312 e. The van der Waals surface area contributed by atoms with E-state index >= 15 is 0 Å². The van der Waals surface area contributed by atoms with E-state index in [0.717, 1.165) is 38.4 Å². The maximum absolute atomic E-state index is 12.8. The van der Waals surface area contributed by atoms with Crippen LogP contribution < -0.4 is 0 Å². The number of nitrogens with zero attached hydrogens (tertiary/aromatic N) is 2. The Balaban J connectivity index is 1.32. The fourth-order valence-electron chi connectivity index (χ4n) is 6.09. The molecule has 0 aromatic heterocycles. The molecule has 2 atom stereocenters. The number of rotatable bonds is 4. The van der Waals surface area contributed by atoms with Gasteiger partial charge in [0.15, 0.2) is 6.61 Å². The van der Waals surface area contributed by atoms with Crippen molar-refractivity contribution in [2.75, 3.05) is 39.0 Å². The van der Waals surface area contributed by atoms with Gasteiger partial charge in [0.25, 0.3) is 5.91 Å². The second-order valence-electron chi connectivity index (χ2n) is 9.08. The summed E-state index contributed by atoms with van der Waals surface area (Å²) in [5, 5.41) is 10.8. The normalized spacial score (nSPS) is 38.8. The highest BCUT2D eigenvalue weighted by Crippen LogP contribution is 2.61. The van der Waals surface area contributed by atoms with E-state index in [2.05, 4.69) is 0 Å². The van der Waals surface area contributed by atoms with Crippen molar-refractivity contribution in [3.05, 3.63) is 0 Å². The van der Waals surface area contributed by atoms with E-state index in [1.54, 1.807) is 4.90 Å². The SMILES string of the molecule is CS(=O)(=O)N1CCN(C(=O)COC(=O)C23CC4CC(CC(O)(C4)C2)C3)CC1. The Morgan fingerprint density at radius 2 is 1.67 bits per heavy atom. The first-order chi connectivity index (χ1) is 12.6. The Hall–Kier alpha value is -1.19. The standard InChI is InChI=1S/C18H28N2O6S/c1-27(24,25)20-4-2-19(3-5-20)15(21)11-26-16(22)17-7-13-6-14(8-17)10-18(23,9-13)12-17/h13-14,23H,2-12H2,1H3. The number of sulfonamides is 1. The van der Waals surface area contributed by atoms with Crippen LogP contribution in [0.3, 0.4) is 0 Å². The van der Waals surface area contributed by atoms with Crippen molar-refractivity contribution < 1.29 is 27.9 Å². The lowest BCUT2D eigenvalue weighted by Gasteiger charge is -2.58. The first kappa shape index (κ1) is 19.1. The van der Waals surface area contributed by atoms with E-state index in [-0.39, 0.29) is 31.6 Å². The molecule has 4 saturated carbocycles. The molecule has 5 rings (SSSR count). The minimum atomic E-state index is -3.25. The molecule has 0 radical (unpaired) electrons. The van der Waals surface area contributed by atoms with Crippen molar-refractivity contribution in [2.45, 2.75) is 44.1 Å². The predicted molar refractivity (Wildman–Crippen MR) is 96.0 cm³/mol. The molecule has 1 heterocycles. The molecule has 27 heavy (non-hydrogen) atoms. The van der Waals surface area contributed by atoms with E-state index in [4.69, 9.17) is 4.74 Å². The fourth-order valence-corrected chi connectivity index (χ4v) is 6.92. The van der Waals surface area contributed by atoms with Gasteiger partial charge in [0.2, 0.25) is 10.0 Å². The van der Waals surface area contributed by atoms with E-state index in [1.165, 1.54) is 4.31 Å². The van der Waals surface area contributed by atoms with Gasteiger partial charge in [0.1, 0.15) is 0 Å². The zero-order valence-electron chi connectivity index (χ0n) is 15.7. The molecule has 9 heteroatoms. The number of esters is 1. The molecular weight excluding hydrogens is 372 g/mol. The third-order valence-corrected chi connectivity index (χ3v) is 8.15. The average molecular weight is 400 g/mol. The lowest BCUT2D eigenvalue weighted by molar-refractivity contribution is -0.197. The second kappa shape index (κ2) is 6.42. The van der Waals surface area contributed by atoms with Crippen molar-refractivity contribution >= 4 is 21.9 Å². The number of hydrogen-bond acceptors (Lipinski definition) is 6. The number of aliphatic hydroxyl groups is 1. The molecule has 2 unspecified atom stereocenters. The Labute approximate surface area is 159 Å². The summed E-state index contributed by atoms with van der Waals surface area (Å²) in [4.78, 5) is 26.7. The summed E-state index contributed by atoms with van der Waals surface area (Å²) in [6.45, 7) is 0.821. The average Bonchev–Trinajstić information content (AvgIpc) is 2.56. The van der Waals surface area contributed by atoms with Crippen molar-refractivity contribution in [3.63, 3.8) is 0 Å². The first-order valence-corrected chi connectivity index (χ1v) is 11.6. The molecule has 0 aromatic rings. The van der Waals surface area contributed by atoms with Crippen LogP contribution in [0.25, 0.3) is 0 Å². The zero-order valence-corrected chi connectivity index (χ0v) is 16.5. The molecule has 1 aliphatic heterocycles. The van der Waals surface area contributed by atoms with Crippen LogP contribution in [0.2, 0.25) is 0 Å². The highest BCUT2D eigenvalue weighted by Gasteiger charge is 2.60. The summed E-state index contributed by atoms with van der Waals surface area (Å²) >= 11 is 0. The van der Waals surface area contributed by atoms with Crippen LogP contribution in [0.15, 0.2) is 0 Å². The molecule has 8 nitrogen and oxygen atoms in total. The third-order valence-electron chi connectivity index (χ3n) is 6.85. The van der Waals surface area contributed by atoms with Crippen molar-refractivity contribution in [2.24, 2.45) is 17.3 Å². The monoisotopic (exact) mass is 400 g/mol. The number of piperazine rings is 1. The third kappa shape index (κ3) is 3.61. The Morgan fingerprint density at radius 1 is 1.07 bits per heavy atom. The van der Waals surface area contributed by atoms with Crippen LogP contribution in [0, 0.1) is 17.3 Å². The van der Waals surface area contributed by atoms with Gasteiger partial charge in [-0.05, 0) is 50.4 Å². The van der Waals surface area contributed by atoms with Crippen molar-refractivity contribution in [3.8, 4) is 0 Å². The zero-order chi connectivity index (χ0) is 19.4. The van der Waals surface area contributed by atoms with Gasteiger partial charge >= 0.3 is 5.97 Å². The van der Waals surface area contributed by atoms with Crippen LogP contribution >= 0.6 is 0 Å². The molecule has 5 aliphatic rings. The first-order valence-electron chi connectivity index (χ1n) is 9.71. The lowest BCUT2D eigenvalue weighted by Crippen LogP contribution is -2.58. The predicted octanol–water partition coefficient (Wildman–Crippen LogP) is -0.0353. The molecule has 4 bridgehead atoms. The van der Waals surface area contributed by atoms with Crippen molar-refractivity contribution in [1.82, 2.24) is 9.21 Å². The summed E-state index contributed by atoms with van der Waals surface area (Å²) < 4.78 is 29.8. The van der Waals surface area contributed by atoms with Crippen LogP contribution in [-0.2, 0) is 24.3 Å². The molecule has 1 N–H and O–H groups in total. The maximum atomic E-state index is 12.8. The molecule has 152 valence electrons. The quantitative estimate of drug-likeness (QED) is 0.665. The summed E-state index contributed by atoms with van der Waals surface area (Å²) in [6, 6.07) is 0. The van der Waals surface area contributed by atoms with Gasteiger partial charge in [-0.2, -0.15) is 4.31 Å². The van der Waals surface area contributed by atoms with E-state index in [9.17, 15) is 23.1 Å². The molecule has 1 amide bonds. The second-order valence-corrected chi connectivity index (χ2v) is 11.1. The van der Waals surface area contributed by atoms with Crippen molar-refractivity contribution in [1.29, 1.82) is 0 Å². The number of amides is 1. The fraction of sp³-hybridized carbons (Fsp3) is 0.889. The molecular formula is C18H28N2O6S. The molecule has 4 aliphatic carbocycles. The van der Waals surface area contributed by atoms with Gasteiger partial charge in [0.05, 0.1) is 17.3 Å². The number of carbonyl (C=O) groups excluding carboxylic acids is 2. The number of ether oxygens (including phenoxy) is 1. The molecule has 1 saturated heterocycles. The van der Waals surface area contributed by atoms with Gasteiger partial charge < -0.3 is 14.7 Å². The van der Waals surface area contributed by atoms with Gasteiger partial charge in [-0.15, -0.1) is 0 Å². The molecule has 0 aromatic carbocycles. The highest BCUT2D eigenvalue weighted by atomic mass is 32.2. The summed E-state index contributed by atoms with van der Waals surface area (Å²) in [5.41, 5.74) is -1.37. The van der Waals surface area contributed by atoms with Gasteiger partial charge in [-0.3, -0.25) is 9.59 Å². The largest absolute Gasteiger partial charge is 0.455 e. The van der Waals surface area contributed by atoms with Crippen LogP contribution in [0.4, 0.5) is 0 Å². The minimum Gasteiger partial charge on any atom is -0.455 e. The highest BCUT2D eigenvalue weighted by molar-refractivity contribution is 7.88. The summed E-state index contributed by atoms with van der Waals surface area (Å²) in [5.74, 6) is 0.116. The van der Waals surface area contributed by atoms with E-state index < -0.39 is 21.0 Å². The minimum absolute atomic E-state index is 0.263. The van der Waals surface area contributed by atoms with Crippen LogP contribution in [-0.4, -0.2) is 79.2 Å². The maximum Gasteiger partial charge on any atom is 0.312 e. The van der Waals surface area contributed by atoms with Gasteiger partial charge in [-0.1, -0.05) is 0 Å². The van der Waals surface area contributed by atoms with Crippen LogP contribution in [0.1, 0.15) is 38.5 Å². The van der Waals surface area contributed by atoms with Gasteiger partial charge in [-0.25, -0.2) is 8.42 Å². The topological polar surface area (TPSA) is 104 Å². The van der Waals surface area contributed by atoms with E-state index in [1.807, 2.05) is 0 Å².